The molecule has 4 rings (SSSR count). The van der Waals surface area contributed by atoms with E-state index in [1.807, 2.05) is 23.6 Å². The Bertz CT molecular complexity index is 1330. The zero-order valence-corrected chi connectivity index (χ0v) is 18.9. The molecule has 0 N–H and O–H groups in total. The topological polar surface area (TPSA) is 92.8 Å². The minimum atomic E-state index is -0.550. The molecule has 0 spiro atoms. The number of para-hydroxylation sites is 1. The van der Waals surface area contributed by atoms with Gasteiger partial charge in [0.1, 0.15) is 11.6 Å². The summed E-state index contributed by atoms with van der Waals surface area (Å²) in [5.41, 5.74) is 2.35. The standard InChI is InChI=1S/C22H19ClN2O6S/c1-28-17-5-3-4-15(20(17)29-2)21-24-14(12-32-21)11-30-19(26)8-9-25-16-7-6-13(23)10-18(16)31-22(25)27/h3-7,10,12H,8-9,11H2,1-2H3. The lowest BCUT2D eigenvalue weighted by Crippen LogP contribution is -2.17. The zero-order valence-electron chi connectivity index (χ0n) is 17.3. The molecule has 0 saturated heterocycles. The van der Waals surface area contributed by atoms with Crippen molar-refractivity contribution in [3.63, 3.8) is 0 Å². The van der Waals surface area contributed by atoms with Crippen LogP contribution in [0.4, 0.5) is 0 Å². The molecule has 0 aliphatic rings. The highest BCUT2D eigenvalue weighted by Crippen LogP contribution is 2.39. The van der Waals surface area contributed by atoms with Crippen molar-refractivity contribution < 1.29 is 23.4 Å². The normalized spacial score (nSPS) is 11.0. The molecule has 0 amide bonds. The maximum atomic E-state index is 12.2. The van der Waals surface area contributed by atoms with Crippen molar-refractivity contribution in [1.82, 2.24) is 9.55 Å². The molecule has 32 heavy (non-hydrogen) atoms. The minimum Gasteiger partial charge on any atom is -0.493 e. The molecule has 10 heteroatoms. The van der Waals surface area contributed by atoms with Gasteiger partial charge in [0.05, 0.1) is 37.4 Å². The third kappa shape index (κ3) is 4.49. The Morgan fingerprint density at radius 1 is 1.22 bits per heavy atom. The van der Waals surface area contributed by atoms with Crippen molar-refractivity contribution in [1.29, 1.82) is 0 Å². The van der Waals surface area contributed by atoms with Gasteiger partial charge in [-0.1, -0.05) is 17.7 Å². The van der Waals surface area contributed by atoms with Crippen molar-refractivity contribution in [2.45, 2.75) is 19.6 Å². The van der Waals surface area contributed by atoms with Gasteiger partial charge in [-0.3, -0.25) is 9.36 Å². The molecule has 0 bridgehead atoms. The summed E-state index contributed by atoms with van der Waals surface area (Å²) in [7, 11) is 3.14. The predicted octanol–water partition coefficient (Wildman–Crippen LogP) is 4.52. The second-order valence-electron chi connectivity index (χ2n) is 6.73. The maximum absolute atomic E-state index is 12.2. The number of hydrogen-bond donors (Lipinski definition) is 0. The van der Waals surface area contributed by atoms with E-state index in [2.05, 4.69) is 4.98 Å². The van der Waals surface area contributed by atoms with Gasteiger partial charge < -0.3 is 18.6 Å². The molecule has 8 nitrogen and oxygen atoms in total. The van der Waals surface area contributed by atoms with E-state index < -0.39 is 11.7 Å². The van der Waals surface area contributed by atoms with Gasteiger partial charge in [-0.25, -0.2) is 9.78 Å². The van der Waals surface area contributed by atoms with Gasteiger partial charge in [0, 0.05) is 23.0 Å². The highest BCUT2D eigenvalue weighted by Gasteiger charge is 2.16. The van der Waals surface area contributed by atoms with Gasteiger partial charge in [-0.2, -0.15) is 0 Å². The number of carbonyl (C=O) groups is 1. The van der Waals surface area contributed by atoms with Crippen molar-refractivity contribution in [3.05, 3.63) is 63.0 Å². The number of fused-ring (bicyclic) bond motifs is 1. The monoisotopic (exact) mass is 474 g/mol. The molecule has 2 heterocycles. The number of aromatic nitrogens is 2. The quantitative estimate of drug-likeness (QED) is 0.346. The molecule has 0 atom stereocenters. The van der Waals surface area contributed by atoms with Crippen LogP contribution >= 0.6 is 22.9 Å². The molecule has 0 saturated carbocycles. The molecular weight excluding hydrogens is 456 g/mol. The van der Waals surface area contributed by atoms with Crippen LogP contribution in [-0.4, -0.2) is 29.7 Å². The van der Waals surface area contributed by atoms with Gasteiger partial charge in [0.25, 0.3) is 0 Å². The lowest BCUT2D eigenvalue weighted by atomic mass is 10.2. The van der Waals surface area contributed by atoms with Crippen molar-refractivity contribution >= 4 is 40.0 Å². The maximum Gasteiger partial charge on any atom is 0.419 e. The van der Waals surface area contributed by atoms with Crippen molar-refractivity contribution in [3.8, 4) is 22.1 Å². The van der Waals surface area contributed by atoms with Gasteiger partial charge in [-0.05, 0) is 24.3 Å². The van der Waals surface area contributed by atoms with E-state index in [4.69, 9.17) is 30.2 Å². The van der Waals surface area contributed by atoms with Gasteiger partial charge in [-0.15, -0.1) is 11.3 Å². The number of methoxy groups -OCH3 is 2. The van der Waals surface area contributed by atoms with E-state index in [0.29, 0.717) is 33.3 Å². The average Bonchev–Trinajstić information content (AvgIpc) is 3.38. The van der Waals surface area contributed by atoms with Gasteiger partial charge >= 0.3 is 11.7 Å². The number of nitrogens with zero attached hydrogens (tertiary/aromatic N) is 2. The van der Waals surface area contributed by atoms with Crippen LogP contribution in [0, 0.1) is 0 Å². The molecule has 4 aromatic rings. The summed E-state index contributed by atoms with van der Waals surface area (Å²) in [5.74, 6) is 0.199. The number of carbonyl (C=O) groups excluding carboxylic acids is 1. The number of ether oxygens (including phenoxy) is 3. The number of hydrogen-bond acceptors (Lipinski definition) is 8. The average molecular weight is 475 g/mol. The molecule has 0 aliphatic heterocycles. The third-order valence-electron chi connectivity index (χ3n) is 4.74. The molecule has 166 valence electrons. The Labute approximate surface area is 191 Å². The summed E-state index contributed by atoms with van der Waals surface area (Å²) in [5, 5.41) is 3.01. The fourth-order valence-corrected chi connectivity index (χ4v) is 4.22. The molecule has 0 fully saturated rings. The minimum absolute atomic E-state index is 0.0118. The van der Waals surface area contributed by atoms with Crippen LogP contribution in [0.3, 0.4) is 0 Å². The van der Waals surface area contributed by atoms with E-state index in [1.165, 1.54) is 15.9 Å². The Morgan fingerprint density at radius 3 is 2.84 bits per heavy atom. The molecular formula is C22H19ClN2O6S. The van der Waals surface area contributed by atoms with E-state index in [0.717, 1.165) is 10.6 Å². The highest BCUT2D eigenvalue weighted by atomic mass is 35.5. The molecule has 0 aliphatic carbocycles. The van der Waals surface area contributed by atoms with Crippen LogP contribution in [0.1, 0.15) is 12.1 Å². The summed E-state index contributed by atoms with van der Waals surface area (Å²) >= 11 is 7.33. The summed E-state index contributed by atoms with van der Waals surface area (Å²) in [6.45, 7) is 0.161. The summed E-state index contributed by atoms with van der Waals surface area (Å²) in [6, 6.07) is 10.4. The summed E-state index contributed by atoms with van der Waals surface area (Å²) in [4.78, 5) is 28.8. The Balaban J connectivity index is 1.38. The van der Waals surface area contributed by atoms with Gasteiger partial charge in [0.2, 0.25) is 0 Å². The number of thiazole rings is 1. The zero-order chi connectivity index (χ0) is 22.7. The first-order chi connectivity index (χ1) is 15.5. The number of esters is 1. The summed E-state index contributed by atoms with van der Waals surface area (Å²) < 4.78 is 22.7. The lowest BCUT2D eigenvalue weighted by Gasteiger charge is -2.10. The highest BCUT2D eigenvalue weighted by molar-refractivity contribution is 7.13. The van der Waals surface area contributed by atoms with Crippen molar-refractivity contribution in [2.75, 3.05) is 14.2 Å². The van der Waals surface area contributed by atoms with Crippen LogP contribution in [0.2, 0.25) is 5.02 Å². The number of aryl methyl sites for hydroxylation is 1. The lowest BCUT2D eigenvalue weighted by molar-refractivity contribution is -0.145. The van der Waals surface area contributed by atoms with E-state index in [-0.39, 0.29) is 19.6 Å². The largest absolute Gasteiger partial charge is 0.493 e. The smallest absolute Gasteiger partial charge is 0.419 e. The SMILES string of the molecule is COc1cccc(-c2nc(COC(=O)CCn3c(=O)oc4cc(Cl)ccc43)cs2)c1OC. The summed E-state index contributed by atoms with van der Waals surface area (Å²) in [6.07, 6.45) is 0.0118. The van der Waals surface area contributed by atoms with Crippen LogP contribution in [0.25, 0.3) is 21.7 Å². The van der Waals surface area contributed by atoms with Crippen LogP contribution < -0.4 is 15.2 Å². The van der Waals surface area contributed by atoms with Crippen LogP contribution in [-0.2, 0) is 22.7 Å². The Kier molecular flexibility index (Phi) is 6.48. The van der Waals surface area contributed by atoms with Crippen LogP contribution in [0.15, 0.2) is 51.0 Å². The van der Waals surface area contributed by atoms with E-state index in [1.54, 1.807) is 32.4 Å². The fraction of sp³-hybridized carbons (Fsp3) is 0.227. The van der Waals surface area contributed by atoms with Crippen molar-refractivity contribution in [2.24, 2.45) is 0 Å². The first kappa shape index (κ1) is 21.9. The van der Waals surface area contributed by atoms with Crippen LogP contribution in [0.5, 0.6) is 11.5 Å². The number of oxazole rings is 1. The third-order valence-corrected chi connectivity index (χ3v) is 5.90. The first-order valence-corrected chi connectivity index (χ1v) is 10.9. The Morgan fingerprint density at radius 2 is 2.06 bits per heavy atom. The molecule has 0 radical (unpaired) electrons. The Hall–Kier alpha value is -3.30. The number of benzene rings is 2. The second kappa shape index (κ2) is 9.46. The van der Waals surface area contributed by atoms with Gasteiger partial charge in [0.15, 0.2) is 17.1 Å². The molecule has 2 aromatic heterocycles. The predicted molar refractivity (Wildman–Crippen MR) is 121 cm³/mol. The molecule has 0 unspecified atom stereocenters. The number of halogens is 1. The van der Waals surface area contributed by atoms with E-state index in [9.17, 15) is 9.59 Å². The second-order valence-corrected chi connectivity index (χ2v) is 8.02. The first-order valence-electron chi connectivity index (χ1n) is 9.60. The number of rotatable bonds is 8. The molecule has 2 aromatic carbocycles. The fourth-order valence-electron chi connectivity index (χ4n) is 3.23. The van der Waals surface area contributed by atoms with E-state index >= 15 is 0 Å².